The number of piperazine rings is 1. The number of halogens is 3. The van der Waals surface area contributed by atoms with Crippen LogP contribution in [-0.4, -0.2) is 44.5 Å². The molecule has 176 valence electrons. The molecule has 0 saturated carbocycles. The number of nitrogens with zero attached hydrogens (tertiary/aromatic N) is 4. The Hall–Kier alpha value is -3.58. The third-order valence-electron chi connectivity index (χ3n) is 5.64. The summed E-state index contributed by atoms with van der Waals surface area (Å²) in [5, 5.41) is 10.1. The molecule has 1 aliphatic heterocycles. The van der Waals surface area contributed by atoms with Gasteiger partial charge in [-0.3, -0.25) is 0 Å². The summed E-state index contributed by atoms with van der Waals surface area (Å²) in [6.45, 7) is 3.25. The number of hydrogen-bond acceptors (Lipinski definition) is 6. The Labute approximate surface area is 195 Å². The minimum absolute atomic E-state index is 0.0275. The highest BCUT2D eigenvalue weighted by atomic mass is 32.2. The van der Waals surface area contributed by atoms with E-state index in [1.165, 1.54) is 18.3 Å². The van der Waals surface area contributed by atoms with Crippen molar-refractivity contribution in [2.75, 3.05) is 31.1 Å². The van der Waals surface area contributed by atoms with Crippen molar-refractivity contribution in [1.82, 2.24) is 9.88 Å². The number of allylic oxidation sites excluding steroid dienone is 1. The van der Waals surface area contributed by atoms with Gasteiger partial charge in [0.2, 0.25) is 9.84 Å². The molecule has 34 heavy (non-hydrogen) atoms. The smallest absolute Gasteiger partial charge is 0.372 e. The number of benzene rings is 2. The van der Waals surface area contributed by atoms with Crippen LogP contribution in [0.2, 0.25) is 0 Å². The van der Waals surface area contributed by atoms with Gasteiger partial charge in [0.15, 0.2) is 4.91 Å². The van der Waals surface area contributed by atoms with Crippen molar-refractivity contribution >= 4 is 26.4 Å². The van der Waals surface area contributed by atoms with E-state index in [1.54, 1.807) is 41.3 Å². The first-order valence-electron chi connectivity index (χ1n) is 10.5. The normalized spacial score (nSPS) is 15.4. The quantitative estimate of drug-likeness (QED) is 0.505. The van der Waals surface area contributed by atoms with Gasteiger partial charge in [0, 0.05) is 43.5 Å². The van der Waals surface area contributed by atoms with E-state index < -0.39 is 21.7 Å². The molecule has 0 spiro atoms. The van der Waals surface area contributed by atoms with Gasteiger partial charge in [-0.15, -0.1) is 0 Å². The minimum Gasteiger partial charge on any atom is -0.372 e. The first-order valence-corrected chi connectivity index (χ1v) is 12.0. The second-order valence-corrected chi connectivity index (χ2v) is 9.91. The minimum atomic E-state index is -4.58. The average Bonchev–Trinajstić information content (AvgIpc) is 2.82. The van der Waals surface area contributed by atoms with Crippen molar-refractivity contribution in [3.63, 3.8) is 0 Å². The molecule has 10 heteroatoms. The lowest BCUT2D eigenvalue weighted by Gasteiger charge is -2.36. The van der Waals surface area contributed by atoms with E-state index in [2.05, 4.69) is 4.98 Å². The number of sulfone groups is 1. The van der Waals surface area contributed by atoms with Crippen LogP contribution in [0.4, 0.5) is 18.9 Å². The first-order chi connectivity index (χ1) is 16.1. The maximum Gasteiger partial charge on any atom is 0.433 e. The number of aromatic nitrogens is 1. The Morgan fingerprint density at radius 2 is 1.74 bits per heavy atom. The highest BCUT2D eigenvalue weighted by molar-refractivity contribution is 7.95. The number of nitriles is 1. The zero-order valence-electron chi connectivity index (χ0n) is 18.2. The summed E-state index contributed by atoms with van der Waals surface area (Å²) in [6.07, 6.45) is -3.26. The van der Waals surface area contributed by atoms with Gasteiger partial charge >= 0.3 is 6.18 Å². The van der Waals surface area contributed by atoms with Crippen molar-refractivity contribution in [1.29, 1.82) is 5.26 Å². The molecule has 0 amide bonds. The molecule has 6 nitrogen and oxygen atoms in total. The Bertz CT molecular complexity index is 1390. The van der Waals surface area contributed by atoms with Crippen LogP contribution in [-0.2, 0) is 16.0 Å². The summed E-state index contributed by atoms with van der Waals surface area (Å²) < 4.78 is 65.9. The van der Waals surface area contributed by atoms with Gasteiger partial charge in [0.05, 0.1) is 10.4 Å². The molecular weight excluding hydrogens is 465 g/mol. The second kappa shape index (κ2) is 8.99. The predicted octanol–water partition coefficient (Wildman–Crippen LogP) is 4.52. The molecule has 0 radical (unpaired) electrons. The van der Waals surface area contributed by atoms with Gasteiger partial charge in [0.1, 0.15) is 11.8 Å². The third kappa shape index (κ3) is 4.70. The molecular formula is C24H21F3N4O2S. The fourth-order valence-corrected chi connectivity index (χ4v) is 5.05. The van der Waals surface area contributed by atoms with E-state index in [1.807, 2.05) is 17.9 Å². The summed E-state index contributed by atoms with van der Waals surface area (Å²) >= 11 is 0. The van der Waals surface area contributed by atoms with E-state index in [0.717, 1.165) is 11.6 Å². The molecule has 0 bridgehead atoms. The van der Waals surface area contributed by atoms with Crippen molar-refractivity contribution in [3.8, 4) is 6.07 Å². The van der Waals surface area contributed by atoms with Crippen LogP contribution in [0, 0.1) is 18.3 Å². The Kier molecular flexibility index (Phi) is 6.23. The first kappa shape index (κ1) is 23.6. The van der Waals surface area contributed by atoms with Crippen molar-refractivity contribution in [3.05, 3.63) is 77.0 Å². The molecule has 1 aliphatic rings. The SMILES string of the molecule is Cc1ccc2nc(C(F)(F)F)cc(N3CCN(/C=C(\C#N)S(=O)(=O)c4ccccc4)CC3)c2c1. The lowest BCUT2D eigenvalue weighted by atomic mass is 10.1. The maximum atomic E-state index is 13.5. The monoisotopic (exact) mass is 486 g/mol. The molecule has 0 aliphatic carbocycles. The van der Waals surface area contributed by atoms with E-state index in [4.69, 9.17) is 0 Å². The third-order valence-corrected chi connectivity index (χ3v) is 7.31. The number of aryl methyl sites for hydroxylation is 1. The molecule has 2 aromatic carbocycles. The largest absolute Gasteiger partial charge is 0.433 e. The van der Waals surface area contributed by atoms with E-state index in [9.17, 15) is 26.9 Å². The van der Waals surface area contributed by atoms with Crippen LogP contribution in [0.15, 0.2) is 70.6 Å². The highest BCUT2D eigenvalue weighted by Gasteiger charge is 2.34. The van der Waals surface area contributed by atoms with Crippen molar-refractivity contribution < 1.29 is 21.6 Å². The maximum absolute atomic E-state index is 13.5. The van der Waals surface area contributed by atoms with Gasteiger partial charge in [-0.05, 0) is 37.3 Å². The van der Waals surface area contributed by atoms with Gasteiger partial charge in [0.25, 0.3) is 0 Å². The fourth-order valence-electron chi connectivity index (χ4n) is 3.87. The number of rotatable bonds is 4. The number of fused-ring (bicyclic) bond motifs is 1. The van der Waals surface area contributed by atoms with Gasteiger partial charge in [-0.2, -0.15) is 18.4 Å². The molecule has 1 saturated heterocycles. The molecule has 0 unspecified atom stereocenters. The van der Waals surface area contributed by atoms with Gasteiger partial charge < -0.3 is 9.80 Å². The van der Waals surface area contributed by atoms with E-state index in [0.29, 0.717) is 37.3 Å². The number of hydrogen-bond donors (Lipinski definition) is 0. The van der Waals surface area contributed by atoms with E-state index in [-0.39, 0.29) is 15.3 Å². The highest BCUT2D eigenvalue weighted by Crippen LogP contribution is 2.35. The molecule has 4 rings (SSSR count). The molecule has 1 aromatic heterocycles. The zero-order chi connectivity index (χ0) is 24.5. The molecule has 0 N–H and O–H groups in total. The van der Waals surface area contributed by atoms with Gasteiger partial charge in [-0.1, -0.05) is 29.8 Å². The summed E-state index contributed by atoms with van der Waals surface area (Å²) in [6, 6.07) is 15.6. The Morgan fingerprint density at radius 1 is 1.06 bits per heavy atom. The zero-order valence-corrected chi connectivity index (χ0v) is 19.1. The number of anilines is 1. The van der Waals surface area contributed by atoms with Crippen LogP contribution in [0.25, 0.3) is 10.9 Å². The van der Waals surface area contributed by atoms with Gasteiger partial charge in [-0.25, -0.2) is 13.4 Å². The number of alkyl halides is 3. The summed E-state index contributed by atoms with van der Waals surface area (Å²) in [5.74, 6) is 0. The van der Waals surface area contributed by atoms with Crippen LogP contribution in [0.5, 0.6) is 0 Å². The average molecular weight is 487 g/mol. The summed E-state index contributed by atoms with van der Waals surface area (Å²) in [4.78, 5) is 6.98. The predicted molar refractivity (Wildman–Crippen MR) is 123 cm³/mol. The topological polar surface area (TPSA) is 77.3 Å². The van der Waals surface area contributed by atoms with Crippen LogP contribution in [0.3, 0.4) is 0 Å². The summed E-state index contributed by atoms with van der Waals surface area (Å²) in [5.41, 5.74) is 0.643. The van der Waals surface area contributed by atoms with Crippen LogP contribution < -0.4 is 4.90 Å². The standard InChI is InChI=1S/C24H21F3N4O2S/c1-17-7-8-21-20(13-17)22(14-23(29-21)24(25,26)27)31-11-9-30(10-12-31)16-19(15-28)34(32,33)18-5-3-2-4-6-18/h2-8,13-14,16H,9-12H2,1H3/b19-16+. The Morgan fingerprint density at radius 3 is 2.35 bits per heavy atom. The molecule has 3 aromatic rings. The van der Waals surface area contributed by atoms with Crippen molar-refractivity contribution in [2.45, 2.75) is 18.0 Å². The summed E-state index contributed by atoms with van der Waals surface area (Å²) in [7, 11) is -3.96. The molecule has 1 fully saturated rings. The molecule has 2 heterocycles. The second-order valence-electron chi connectivity index (χ2n) is 7.99. The lowest BCUT2D eigenvalue weighted by Crippen LogP contribution is -2.44. The number of pyridine rings is 1. The van der Waals surface area contributed by atoms with Crippen LogP contribution >= 0.6 is 0 Å². The fraction of sp³-hybridized carbons (Fsp3) is 0.250. The Balaban J connectivity index is 1.61. The van der Waals surface area contributed by atoms with E-state index >= 15 is 0 Å². The lowest BCUT2D eigenvalue weighted by molar-refractivity contribution is -0.140. The van der Waals surface area contributed by atoms with Crippen molar-refractivity contribution in [2.24, 2.45) is 0 Å². The molecule has 0 atom stereocenters. The van der Waals surface area contributed by atoms with Crippen LogP contribution in [0.1, 0.15) is 11.3 Å².